The summed E-state index contributed by atoms with van der Waals surface area (Å²) in [5.41, 5.74) is 0.377. The Hall–Kier alpha value is -2.47. The number of rotatable bonds is 6. The van der Waals surface area contributed by atoms with Crippen LogP contribution in [0.3, 0.4) is 0 Å². The molecule has 0 saturated carbocycles. The van der Waals surface area contributed by atoms with Gasteiger partial charge in [-0.05, 0) is 23.6 Å². The number of aromatic nitrogens is 1. The molecule has 0 aliphatic rings. The summed E-state index contributed by atoms with van der Waals surface area (Å²) < 4.78 is 14.6. The smallest absolute Gasteiger partial charge is 0.127 e. The van der Waals surface area contributed by atoms with Gasteiger partial charge in [0.2, 0.25) is 0 Å². The molecule has 2 unspecified atom stereocenters. The summed E-state index contributed by atoms with van der Waals surface area (Å²) in [7, 11) is 0. The van der Waals surface area contributed by atoms with Crippen LogP contribution in [0.5, 0.6) is 0 Å². The van der Waals surface area contributed by atoms with Crippen LogP contribution in [-0.2, 0) is 5.41 Å². The van der Waals surface area contributed by atoms with Gasteiger partial charge in [-0.15, -0.1) is 6.58 Å². The molecule has 2 aromatic rings. The van der Waals surface area contributed by atoms with E-state index in [0.717, 1.165) is 5.56 Å². The molecule has 1 heterocycles. The summed E-state index contributed by atoms with van der Waals surface area (Å²) >= 11 is 0. The Morgan fingerprint density at radius 2 is 2.05 bits per heavy atom. The molecule has 1 aromatic carbocycles. The molecule has 3 heteroatoms. The van der Waals surface area contributed by atoms with Crippen LogP contribution in [0, 0.1) is 11.3 Å². The lowest BCUT2D eigenvalue weighted by atomic mass is 9.74. The molecule has 0 aliphatic heterocycles. The summed E-state index contributed by atoms with van der Waals surface area (Å²) in [4.78, 5) is 4.05. The Morgan fingerprint density at radius 1 is 1.29 bits per heavy atom. The van der Waals surface area contributed by atoms with Crippen molar-refractivity contribution in [3.05, 3.63) is 78.6 Å². The zero-order valence-corrected chi connectivity index (χ0v) is 11.7. The SMILES string of the molecule is C=CCC(C#N)(CC(F)c1ccccc1)c1cccnc1. The van der Waals surface area contributed by atoms with Crippen molar-refractivity contribution in [3.63, 3.8) is 0 Å². The van der Waals surface area contributed by atoms with Crippen molar-refractivity contribution in [2.24, 2.45) is 0 Å². The highest BCUT2D eigenvalue weighted by molar-refractivity contribution is 5.32. The van der Waals surface area contributed by atoms with Gasteiger partial charge in [0.25, 0.3) is 0 Å². The highest BCUT2D eigenvalue weighted by Gasteiger charge is 2.35. The maximum atomic E-state index is 14.6. The van der Waals surface area contributed by atoms with E-state index in [-0.39, 0.29) is 6.42 Å². The van der Waals surface area contributed by atoms with E-state index in [1.165, 1.54) is 0 Å². The standard InChI is InChI=1S/C18H17FN2/c1-2-10-18(14-20,16-9-6-11-21-13-16)12-17(19)15-7-4-3-5-8-15/h2-9,11,13,17H,1,10,12H2. The molecule has 1 aromatic heterocycles. The van der Waals surface area contributed by atoms with Crippen LogP contribution < -0.4 is 0 Å². The van der Waals surface area contributed by atoms with Gasteiger partial charge in [0, 0.05) is 18.8 Å². The summed E-state index contributed by atoms with van der Waals surface area (Å²) in [5, 5.41) is 9.66. The molecule has 2 rings (SSSR count). The van der Waals surface area contributed by atoms with Gasteiger partial charge in [-0.25, -0.2) is 4.39 Å². The highest BCUT2D eigenvalue weighted by Crippen LogP contribution is 2.38. The van der Waals surface area contributed by atoms with Crippen molar-refractivity contribution in [1.82, 2.24) is 4.98 Å². The van der Waals surface area contributed by atoms with Crippen molar-refractivity contribution in [3.8, 4) is 6.07 Å². The fraction of sp³-hybridized carbons (Fsp3) is 0.222. The Labute approximate surface area is 124 Å². The zero-order chi connectivity index (χ0) is 15.1. The van der Waals surface area contributed by atoms with Crippen molar-refractivity contribution >= 4 is 0 Å². The Kier molecular flexibility index (Phi) is 4.84. The molecule has 0 fully saturated rings. The number of pyridine rings is 1. The Bertz CT molecular complexity index is 619. The third-order valence-electron chi connectivity index (χ3n) is 3.61. The molecule has 0 saturated heterocycles. The van der Waals surface area contributed by atoms with Gasteiger partial charge in [0.05, 0.1) is 11.5 Å². The summed E-state index contributed by atoms with van der Waals surface area (Å²) in [6.07, 6.45) is 4.21. The first-order valence-corrected chi connectivity index (χ1v) is 6.83. The molecular formula is C18H17FN2. The summed E-state index contributed by atoms with van der Waals surface area (Å²) in [6.45, 7) is 3.71. The first kappa shape index (κ1) is 14.9. The average molecular weight is 280 g/mol. The second-order valence-electron chi connectivity index (χ2n) is 5.01. The average Bonchev–Trinajstić information content (AvgIpc) is 2.56. The molecule has 0 N–H and O–H groups in total. The predicted molar refractivity (Wildman–Crippen MR) is 81.3 cm³/mol. The normalized spacial score (nSPS) is 14.7. The van der Waals surface area contributed by atoms with E-state index in [0.29, 0.717) is 12.0 Å². The maximum Gasteiger partial charge on any atom is 0.127 e. The molecule has 0 radical (unpaired) electrons. The molecule has 0 aliphatic carbocycles. The van der Waals surface area contributed by atoms with Crippen LogP contribution in [-0.4, -0.2) is 4.98 Å². The van der Waals surface area contributed by atoms with Crippen LogP contribution in [0.15, 0.2) is 67.5 Å². The van der Waals surface area contributed by atoms with Crippen molar-refractivity contribution in [2.75, 3.05) is 0 Å². The van der Waals surface area contributed by atoms with Crippen molar-refractivity contribution in [2.45, 2.75) is 24.4 Å². The second kappa shape index (κ2) is 6.81. The minimum Gasteiger partial charge on any atom is -0.264 e. The van der Waals surface area contributed by atoms with Crippen LogP contribution >= 0.6 is 0 Å². The molecule has 2 atom stereocenters. The third kappa shape index (κ3) is 3.35. The van der Waals surface area contributed by atoms with E-state index in [9.17, 15) is 9.65 Å². The number of nitrogens with zero attached hydrogens (tertiary/aromatic N) is 2. The number of nitriles is 1. The van der Waals surface area contributed by atoms with Gasteiger partial charge in [-0.1, -0.05) is 42.5 Å². The molecule has 2 nitrogen and oxygen atoms in total. The summed E-state index contributed by atoms with van der Waals surface area (Å²) in [5.74, 6) is 0. The lowest BCUT2D eigenvalue weighted by molar-refractivity contribution is 0.274. The number of hydrogen-bond donors (Lipinski definition) is 0. The van der Waals surface area contributed by atoms with E-state index >= 15 is 0 Å². The number of alkyl halides is 1. The van der Waals surface area contributed by atoms with Gasteiger partial charge >= 0.3 is 0 Å². The summed E-state index contributed by atoms with van der Waals surface area (Å²) in [6, 6.07) is 14.8. The quantitative estimate of drug-likeness (QED) is 0.729. The zero-order valence-electron chi connectivity index (χ0n) is 11.7. The second-order valence-corrected chi connectivity index (χ2v) is 5.01. The Balaban J connectivity index is 2.33. The van der Waals surface area contributed by atoms with E-state index in [4.69, 9.17) is 0 Å². The molecule has 0 amide bonds. The van der Waals surface area contributed by atoms with Crippen LogP contribution in [0.2, 0.25) is 0 Å². The van der Waals surface area contributed by atoms with Crippen LogP contribution in [0.1, 0.15) is 30.1 Å². The maximum absolute atomic E-state index is 14.6. The lowest BCUT2D eigenvalue weighted by Crippen LogP contribution is -2.25. The third-order valence-corrected chi connectivity index (χ3v) is 3.61. The van der Waals surface area contributed by atoms with Gasteiger partial charge in [0.1, 0.15) is 6.17 Å². The van der Waals surface area contributed by atoms with Crippen LogP contribution in [0.25, 0.3) is 0 Å². The molecule has 0 spiro atoms. The predicted octanol–water partition coefficient (Wildman–Crippen LogP) is 4.52. The number of hydrogen-bond acceptors (Lipinski definition) is 2. The lowest BCUT2D eigenvalue weighted by Gasteiger charge is -2.27. The van der Waals surface area contributed by atoms with Crippen molar-refractivity contribution < 1.29 is 4.39 Å². The minimum absolute atomic E-state index is 0.0885. The Morgan fingerprint density at radius 3 is 2.62 bits per heavy atom. The first-order chi connectivity index (χ1) is 10.2. The van der Waals surface area contributed by atoms with Gasteiger partial charge in [0.15, 0.2) is 0 Å². The number of allylic oxidation sites excluding steroid dienone is 1. The molecule has 21 heavy (non-hydrogen) atoms. The van der Waals surface area contributed by atoms with Crippen molar-refractivity contribution in [1.29, 1.82) is 5.26 Å². The van der Waals surface area contributed by atoms with E-state index in [1.54, 1.807) is 48.8 Å². The number of benzene rings is 1. The topological polar surface area (TPSA) is 36.7 Å². The first-order valence-electron chi connectivity index (χ1n) is 6.83. The van der Waals surface area contributed by atoms with Gasteiger partial charge in [-0.2, -0.15) is 5.26 Å². The largest absolute Gasteiger partial charge is 0.264 e. The van der Waals surface area contributed by atoms with E-state index in [1.807, 2.05) is 12.1 Å². The fourth-order valence-electron chi connectivity index (χ4n) is 2.45. The van der Waals surface area contributed by atoms with Gasteiger partial charge in [-0.3, -0.25) is 4.98 Å². The number of halogens is 1. The van der Waals surface area contributed by atoms with Crippen LogP contribution in [0.4, 0.5) is 4.39 Å². The molecular weight excluding hydrogens is 263 g/mol. The monoisotopic (exact) mass is 280 g/mol. The van der Waals surface area contributed by atoms with Gasteiger partial charge < -0.3 is 0 Å². The van der Waals surface area contributed by atoms with E-state index in [2.05, 4.69) is 17.6 Å². The van der Waals surface area contributed by atoms with E-state index < -0.39 is 11.6 Å². The molecule has 106 valence electrons. The molecule has 0 bridgehead atoms. The fourth-order valence-corrected chi connectivity index (χ4v) is 2.45. The highest BCUT2D eigenvalue weighted by atomic mass is 19.1. The minimum atomic E-state index is -1.20.